The van der Waals surface area contributed by atoms with Crippen molar-refractivity contribution in [1.29, 1.82) is 0 Å². The number of aromatic hydroxyl groups is 1. The van der Waals surface area contributed by atoms with Gasteiger partial charge in [-0.3, -0.25) is 4.79 Å². The smallest absolute Gasteiger partial charge is 0.259 e. The summed E-state index contributed by atoms with van der Waals surface area (Å²) < 4.78 is 4.06. The second kappa shape index (κ2) is 7.53. The number of nitrogens with one attached hydrogen (secondary N) is 1. The molecule has 3 aromatic carbocycles. The number of phenols is 1. The van der Waals surface area contributed by atoms with Crippen molar-refractivity contribution < 1.29 is 9.90 Å². The normalized spacial score (nSPS) is 11.2. The topological polar surface area (TPSA) is 99.8 Å². The Morgan fingerprint density at radius 1 is 1.07 bits per heavy atom. The molecule has 28 heavy (non-hydrogen) atoms. The highest BCUT2D eigenvalue weighted by Gasteiger charge is 2.18. The molecular weight excluding hydrogens is 374 g/mol. The maximum atomic E-state index is 12.7. The summed E-state index contributed by atoms with van der Waals surface area (Å²) in [5, 5.41) is 23.6. The van der Waals surface area contributed by atoms with E-state index in [0.717, 1.165) is 16.9 Å². The predicted molar refractivity (Wildman–Crippen MR) is 109 cm³/mol. The second-order valence-electron chi connectivity index (χ2n) is 5.99. The summed E-state index contributed by atoms with van der Waals surface area (Å²) in [6, 6.07) is 18.0. The van der Waals surface area contributed by atoms with Crippen LogP contribution in [0.1, 0.15) is 16.2 Å². The van der Waals surface area contributed by atoms with Gasteiger partial charge in [0.2, 0.25) is 5.13 Å². The molecule has 0 fully saturated rings. The lowest BCUT2D eigenvalue weighted by molar-refractivity contribution is 0.102. The van der Waals surface area contributed by atoms with Gasteiger partial charge in [-0.2, -0.15) is 4.37 Å². The van der Waals surface area contributed by atoms with Gasteiger partial charge in [0.25, 0.3) is 5.91 Å². The highest BCUT2D eigenvalue weighted by molar-refractivity contribution is 7.09. The zero-order valence-corrected chi connectivity index (χ0v) is 15.6. The highest BCUT2D eigenvalue weighted by Crippen LogP contribution is 2.39. The molecule has 0 unspecified atom stereocenters. The van der Waals surface area contributed by atoms with Crippen molar-refractivity contribution in [3.05, 3.63) is 72.1 Å². The molecule has 1 aromatic heterocycles. The molecule has 0 aliphatic heterocycles. The molecule has 0 saturated heterocycles. The number of aryl methyl sites for hydroxylation is 1. The summed E-state index contributed by atoms with van der Waals surface area (Å²) in [5.41, 5.74) is 0.960. The number of fused-ring (bicyclic) bond motifs is 1. The molecule has 4 aromatic rings. The van der Waals surface area contributed by atoms with Crippen molar-refractivity contribution in [3.63, 3.8) is 0 Å². The number of hydrogen-bond donors (Lipinski definition) is 2. The fraction of sp³-hybridized carbons (Fsp3) is 0.0500. The molecule has 7 nitrogen and oxygen atoms in total. The molecule has 0 saturated carbocycles. The third kappa shape index (κ3) is 3.58. The summed E-state index contributed by atoms with van der Waals surface area (Å²) in [6.45, 7) is 1.76. The number of carbonyl (C=O) groups is 1. The second-order valence-corrected chi connectivity index (χ2v) is 6.72. The van der Waals surface area contributed by atoms with Crippen LogP contribution in [-0.2, 0) is 0 Å². The summed E-state index contributed by atoms with van der Waals surface area (Å²) in [6.07, 6.45) is 0. The van der Waals surface area contributed by atoms with E-state index in [4.69, 9.17) is 0 Å². The van der Waals surface area contributed by atoms with Gasteiger partial charge in [0, 0.05) is 22.6 Å². The van der Waals surface area contributed by atoms with Gasteiger partial charge in [-0.15, -0.1) is 10.2 Å². The van der Waals surface area contributed by atoms with E-state index in [-0.39, 0.29) is 17.0 Å². The zero-order chi connectivity index (χ0) is 19.5. The fourth-order valence-corrected chi connectivity index (χ4v) is 3.24. The Kier molecular flexibility index (Phi) is 4.77. The lowest BCUT2D eigenvalue weighted by Crippen LogP contribution is -2.12. The van der Waals surface area contributed by atoms with Gasteiger partial charge in [0.15, 0.2) is 5.75 Å². The Morgan fingerprint density at radius 3 is 2.57 bits per heavy atom. The minimum absolute atomic E-state index is 0.116. The Balaban J connectivity index is 1.78. The average Bonchev–Trinajstić information content (AvgIpc) is 3.12. The van der Waals surface area contributed by atoms with E-state index in [2.05, 4.69) is 24.9 Å². The van der Waals surface area contributed by atoms with Crippen LogP contribution in [0, 0.1) is 6.92 Å². The molecule has 1 amide bonds. The van der Waals surface area contributed by atoms with Crippen molar-refractivity contribution in [2.45, 2.75) is 6.92 Å². The Hall–Kier alpha value is -3.65. The molecule has 0 spiro atoms. The largest absolute Gasteiger partial charge is 0.505 e. The van der Waals surface area contributed by atoms with Crippen molar-refractivity contribution in [1.82, 2.24) is 9.36 Å². The van der Waals surface area contributed by atoms with Gasteiger partial charge in [-0.25, -0.2) is 4.98 Å². The van der Waals surface area contributed by atoms with Crippen LogP contribution >= 0.6 is 11.5 Å². The molecule has 0 atom stereocenters. The Bertz CT molecular complexity index is 1190. The average molecular weight is 389 g/mol. The van der Waals surface area contributed by atoms with Crippen molar-refractivity contribution >= 4 is 44.7 Å². The van der Waals surface area contributed by atoms with E-state index >= 15 is 0 Å². The number of anilines is 1. The zero-order valence-electron chi connectivity index (χ0n) is 14.8. The number of hydrogen-bond acceptors (Lipinski definition) is 7. The number of phenolic OH excluding ortho intramolecular Hbond substituents is 1. The maximum absolute atomic E-state index is 12.7. The first kappa shape index (κ1) is 17.7. The molecule has 2 N–H and O–H groups in total. The summed E-state index contributed by atoms with van der Waals surface area (Å²) in [5.74, 6) is -0.0706. The molecule has 0 bridgehead atoms. The molecular formula is C20H15N5O2S. The van der Waals surface area contributed by atoms with E-state index in [1.807, 2.05) is 42.5 Å². The monoisotopic (exact) mass is 389 g/mol. The van der Waals surface area contributed by atoms with Crippen LogP contribution in [0.25, 0.3) is 10.8 Å². The summed E-state index contributed by atoms with van der Waals surface area (Å²) in [4.78, 5) is 16.9. The number of aromatic nitrogens is 2. The van der Waals surface area contributed by atoms with Crippen molar-refractivity contribution in [2.75, 3.05) is 5.32 Å². The van der Waals surface area contributed by atoms with Crippen LogP contribution in [0.3, 0.4) is 0 Å². The lowest BCUT2D eigenvalue weighted by Gasteiger charge is -2.11. The number of amides is 1. The number of rotatable bonds is 4. The summed E-state index contributed by atoms with van der Waals surface area (Å²) >= 11 is 1.11. The van der Waals surface area contributed by atoms with Gasteiger partial charge in [-0.1, -0.05) is 42.5 Å². The number of carbonyl (C=O) groups excluding carboxylic acids is 1. The van der Waals surface area contributed by atoms with Gasteiger partial charge < -0.3 is 10.4 Å². The number of azo groups is 1. The first-order valence-electron chi connectivity index (χ1n) is 8.45. The third-order valence-electron chi connectivity index (χ3n) is 4.02. The third-order valence-corrected chi connectivity index (χ3v) is 4.72. The quantitative estimate of drug-likeness (QED) is 0.458. The van der Waals surface area contributed by atoms with E-state index in [1.165, 1.54) is 0 Å². The van der Waals surface area contributed by atoms with Gasteiger partial charge in [-0.05, 0) is 30.5 Å². The standard InChI is InChI=1S/C20H15N5O2S/c1-12-21-20(28-25-12)24-23-17-15-10-6-5-7-13(15)11-16(18(17)26)19(27)22-14-8-3-2-4-9-14/h2-11,26H,1H3,(H,22,27)/b24-23+. The van der Waals surface area contributed by atoms with Gasteiger partial charge >= 0.3 is 0 Å². The van der Waals surface area contributed by atoms with Crippen molar-refractivity contribution in [3.8, 4) is 5.75 Å². The Labute approximate surface area is 164 Å². The van der Waals surface area contributed by atoms with Gasteiger partial charge in [0.1, 0.15) is 11.5 Å². The lowest BCUT2D eigenvalue weighted by atomic mass is 10.0. The number of benzene rings is 3. The summed E-state index contributed by atoms with van der Waals surface area (Å²) in [7, 11) is 0. The number of para-hydroxylation sites is 1. The van der Waals surface area contributed by atoms with Crippen molar-refractivity contribution in [2.24, 2.45) is 10.2 Å². The number of nitrogens with zero attached hydrogens (tertiary/aromatic N) is 4. The molecule has 8 heteroatoms. The molecule has 0 aliphatic rings. The van der Waals surface area contributed by atoms with Crippen LogP contribution < -0.4 is 5.32 Å². The van der Waals surface area contributed by atoms with Crippen LogP contribution in [0.2, 0.25) is 0 Å². The van der Waals surface area contributed by atoms with Crippen LogP contribution in [0.5, 0.6) is 5.75 Å². The highest BCUT2D eigenvalue weighted by atomic mass is 32.1. The molecule has 1 heterocycles. The molecule has 0 radical (unpaired) electrons. The van der Waals surface area contributed by atoms with Crippen LogP contribution in [-0.4, -0.2) is 20.4 Å². The van der Waals surface area contributed by atoms with Crippen LogP contribution in [0.4, 0.5) is 16.5 Å². The first-order chi connectivity index (χ1) is 13.6. The molecule has 0 aliphatic carbocycles. The van der Waals surface area contributed by atoms with E-state index in [9.17, 15) is 9.90 Å². The van der Waals surface area contributed by atoms with E-state index < -0.39 is 5.91 Å². The first-order valence-corrected chi connectivity index (χ1v) is 9.22. The minimum atomic E-state index is -0.433. The fourth-order valence-electron chi connectivity index (χ4n) is 2.73. The van der Waals surface area contributed by atoms with Crippen LogP contribution in [0.15, 0.2) is 70.9 Å². The molecule has 4 rings (SSSR count). The van der Waals surface area contributed by atoms with Gasteiger partial charge in [0.05, 0.1) is 5.56 Å². The minimum Gasteiger partial charge on any atom is -0.505 e. The SMILES string of the molecule is Cc1nsc(/N=N/c2c(O)c(C(=O)Nc3ccccc3)cc3ccccc23)n1. The predicted octanol–water partition coefficient (Wildman–Crippen LogP) is 5.37. The van der Waals surface area contributed by atoms with E-state index in [0.29, 0.717) is 22.0 Å². The Morgan fingerprint density at radius 2 is 1.82 bits per heavy atom. The molecule has 138 valence electrons. The van der Waals surface area contributed by atoms with E-state index in [1.54, 1.807) is 25.1 Å². The maximum Gasteiger partial charge on any atom is 0.259 e.